The Hall–Kier alpha value is -2.99. The molecular formula is C22H21F5N2O5. The van der Waals surface area contributed by atoms with Crippen LogP contribution in [-0.2, 0) is 15.1 Å². The first-order valence-corrected chi connectivity index (χ1v) is 10.3. The quantitative estimate of drug-likeness (QED) is 0.555. The predicted octanol–water partition coefficient (Wildman–Crippen LogP) is 3.62. The maximum absolute atomic E-state index is 13.8. The molecule has 3 heterocycles. The average molecular weight is 488 g/mol. The van der Waals surface area contributed by atoms with Gasteiger partial charge in [0.15, 0.2) is 12.4 Å². The van der Waals surface area contributed by atoms with Crippen molar-refractivity contribution >= 4 is 5.91 Å². The molecule has 2 aliphatic rings. The topological polar surface area (TPSA) is 70.1 Å². The Labute approximate surface area is 191 Å². The molecule has 2 aromatic rings. The number of piperidine rings is 1. The number of pyridine rings is 1. The van der Waals surface area contributed by atoms with Crippen molar-refractivity contribution in [1.82, 2.24) is 9.88 Å². The molecule has 2 aliphatic heterocycles. The van der Waals surface area contributed by atoms with Gasteiger partial charge in [-0.2, -0.15) is 8.78 Å². The second-order valence-electron chi connectivity index (χ2n) is 7.87. The van der Waals surface area contributed by atoms with Crippen LogP contribution in [-0.4, -0.2) is 67.8 Å². The lowest BCUT2D eigenvalue weighted by Crippen LogP contribution is -2.53. The first-order chi connectivity index (χ1) is 16.2. The molecule has 1 aromatic heterocycles. The molecule has 7 nitrogen and oxygen atoms in total. The van der Waals surface area contributed by atoms with Crippen LogP contribution < -0.4 is 9.47 Å². The lowest BCUT2D eigenvalue weighted by molar-refractivity contribution is -0.148. The van der Waals surface area contributed by atoms with Crippen molar-refractivity contribution in [1.29, 1.82) is 0 Å². The van der Waals surface area contributed by atoms with Crippen molar-refractivity contribution in [3.63, 3.8) is 0 Å². The number of hydrogen-bond donors (Lipinski definition) is 0. The molecule has 2 saturated heterocycles. The Balaban J connectivity index is 1.48. The van der Waals surface area contributed by atoms with E-state index in [0.717, 1.165) is 6.07 Å². The predicted molar refractivity (Wildman–Crippen MR) is 107 cm³/mol. The summed E-state index contributed by atoms with van der Waals surface area (Å²) in [5, 5.41) is 0. The molecule has 0 N–H and O–H groups in total. The van der Waals surface area contributed by atoms with Crippen molar-refractivity contribution in [3.8, 4) is 11.6 Å². The lowest BCUT2D eigenvalue weighted by Gasteiger charge is -2.41. The largest absolute Gasteiger partial charge is 0.481 e. The van der Waals surface area contributed by atoms with E-state index in [2.05, 4.69) is 4.98 Å². The van der Waals surface area contributed by atoms with E-state index in [0.29, 0.717) is 12.0 Å². The minimum Gasteiger partial charge on any atom is -0.481 e. The van der Waals surface area contributed by atoms with E-state index in [-0.39, 0.29) is 37.2 Å². The van der Waals surface area contributed by atoms with Gasteiger partial charge in [0.05, 0.1) is 13.7 Å². The fraction of sp³-hybridized carbons (Fsp3) is 0.455. The normalized spacial score (nSPS) is 22.6. The first-order valence-electron chi connectivity index (χ1n) is 10.3. The molecule has 4 rings (SSSR count). The zero-order chi connectivity index (χ0) is 24.5. The van der Waals surface area contributed by atoms with Gasteiger partial charge in [-0.15, -0.1) is 0 Å². The summed E-state index contributed by atoms with van der Waals surface area (Å²) in [6, 6.07) is 8.39. The van der Waals surface area contributed by atoms with E-state index in [1.165, 1.54) is 30.2 Å². The van der Waals surface area contributed by atoms with Crippen LogP contribution in [0.4, 0.5) is 22.0 Å². The summed E-state index contributed by atoms with van der Waals surface area (Å²) >= 11 is 0. The van der Waals surface area contributed by atoms with Gasteiger partial charge in [-0.25, -0.2) is 18.2 Å². The van der Waals surface area contributed by atoms with E-state index in [9.17, 15) is 26.7 Å². The van der Waals surface area contributed by atoms with Crippen LogP contribution in [0.3, 0.4) is 0 Å². The molecule has 0 radical (unpaired) electrons. The van der Waals surface area contributed by atoms with Crippen LogP contribution in [0.2, 0.25) is 0 Å². The van der Waals surface area contributed by atoms with Crippen molar-refractivity contribution in [2.24, 2.45) is 0 Å². The average Bonchev–Trinajstić information content (AvgIpc) is 3.26. The second-order valence-corrected chi connectivity index (χ2v) is 7.87. The minimum atomic E-state index is -4.36. The number of hydrogen-bond acceptors (Lipinski definition) is 6. The minimum absolute atomic E-state index is 0.00935. The lowest BCUT2D eigenvalue weighted by atomic mass is 9.82. The van der Waals surface area contributed by atoms with E-state index < -0.39 is 42.4 Å². The Morgan fingerprint density at radius 1 is 1.32 bits per heavy atom. The molecule has 2 atom stereocenters. The molecule has 0 aliphatic carbocycles. The number of fused-ring (bicyclic) bond motifs is 1. The van der Waals surface area contributed by atoms with Crippen LogP contribution >= 0.6 is 0 Å². The number of halogens is 5. The van der Waals surface area contributed by atoms with Gasteiger partial charge < -0.3 is 23.8 Å². The molecule has 34 heavy (non-hydrogen) atoms. The third kappa shape index (κ3) is 4.51. The van der Waals surface area contributed by atoms with Crippen molar-refractivity contribution in [2.45, 2.75) is 30.5 Å². The number of nitrogens with zero attached hydrogens (tertiary/aromatic N) is 2. The maximum atomic E-state index is 13.8. The third-order valence-corrected chi connectivity index (χ3v) is 5.82. The highest BCUT2D eigenvalue weighted by Crippen LogP contribution is 2.43. The number of carbonyl (C=O) groups is 1. The van der Waals surface area contributed by atoms with Gasteiger partial charge in [0.1, 0.15) is 30.0 Å². The Bertz CT molecular complexity index is 1060. The zero-order valence-electron chi connectivity index (χ0n) is 18.0. The highest BCUT2D eigenvalue weighted by atomic mass is 19.3. The van der Waals surface area contributed by atoms with Gasteiger partial charge in [0, 0.05) is 13.0 Å². The van der Waals surface area contributed by atoms with Crippen LogP contribution in [0, 0.1) is 5.82 Å². The smallest absolute Gasteiger partial charge is 0.340 e. The monoisotopic (exact) mass is 488 g/mol. The van der Waals surface area contributed by atoms with Gasteiger partial charge >= 0.3 is 12.3 Å². The number of rotatable bonds is 7. The molecular weight excluding hydrogens is 467 g/mol. The molecule has 0 saturated carbocycles. The van der Waals surface area contributed by atoms with Gasteiger partial charge in [-0.1, -0.05) is 12.1 Å². The SMILES string of the molecule is COc1nc(C(=O)N2CC[C@]3(c4cccc(F)c4)OCOC3C2)ccc1OCC(F)(F)C(F)F. The van der Waals surface area contributed by atoms with Crippen LogP contribution in [0.1, 0.15) is 22.5 Å². The maximum Gasteiger partial charge on any atom is 0.340 e. The summed E-state index contributed by atoms with van der Waals surface area (Å²) in [5.41, 5.74) is -0.344. The van der Waals surface area contributed by atoms with Crippen LogP contribution in [0.25, 0.3) is 0 Å². The van der Waals surface area contributed by atoms with E-state index in [4.69, 9.17) is 18.9 Å². The molecule has 1 aromatic carbocycles. The number of amides is 1. The van der Waals surface area contributed by atoms with E-state index in [1.54, 1.807) is 12.1 Å². The fourth-order valence-electron chi connectivity index (χ4n) is 4.03. The molecule has 1 amide bonds. The Morgan fingerprint density at radius 3 is 2.82 bits per heavy atom. The van der Waals surface area contributed by atoms with Gasteiger partial charge in [-0.05, 0) is 29.8 Å². The Kier molecular flexibility index (Phi) is 6.63. The third-order valence-electron chi connectivity index (χ3n) is 5.82. The highest BCUT2D eigenvalue weighted by Gasteiger charge is 2.51. The summed E-state index contributed by atoms with van der Waals surface area (Å²) in [5.74, 6) is -5.88. The molecule has 12 heteroatoms. The highest BCUT2D eigenvalue weighted by molar-refractivity contribution is 5.92. The summed E-state index contributed by atoms with van der Waals surface area (Å²) < 4.78 is 86.1. The van der Waals surface area contributed by atoms with Crippen molar-refractivity contribution in [2.75, 3.05) is 33.6 Å². The summed E-state index contributed by atoms with van der Waals surface area (Å²) in [6.45, 7) is -1.20. The number of methoxy groups -OCH3 is 1. The van der Waals surface area contributed by atoms with Crippen LogP contribution in [0.15, 0.2) is 36.4 Å². The fourth-order valence-corrected chi connectivity index (χ4v) is 4.03. The van der Waals surface area contributed by atoms with Gasteiger partial charge in [-0.3, -0.25) is 4.79 Å². The number of benzene rings is 1. The molecule has 1 unspecified atom stereocenters. The first kappa shape index (κ1) is 24.1. The number of aromatic nitrogens is 1. The van der Waals surface area contributed by atoms with Gasteiger partial charge in [0.2, 0.25) is 0 Å². The number of likely N-dealkylation sites (tertiary alicyclic amines) is 1. The second kappa shape index (κ2) is 9.34. The van der Waals surface area contributed by atoms with Crippen molar-refractivity contribution in [3.05, 3.63) is 53.5 Å². The molecule has 0 spiro atoms. The molecule has 2 fully saturated rings. The number of carbonyl (C=O) groups excluding carboxylic acids is 1. The standard InChI is InChI=1S/C22H21F5N2O5/c1-31-18-16(32-11-22(26,27)20(24)25)6-5-15(28-18)19(30)29-8-7-21(17(10-29)33-12-34-21)13-3-2-4-14(23)9-13/h2-6,9,17,20H,7-8,10-12H2,1H3/t17?,21-/m1/s1. The summed E-state index contributed by atoms with van der Waals surface area (Å²) in [7, 11) is 1.17. The van der Waals surface area contributed by atoms with E-state index >= 15 is 0 Å². The van der Waals surface area contributed by atoms with Crippen molar-refractivity contribution < 1.29 is 45.7 Å². The van der Waals surface area contributed by atoms with E-state index in [1.807, 2.05) is 0 Å². The molecule has 184 valence electrons. The summed E-state index contributed by atoms with van der Waals surface area (Å²) in [4.78, 5) is 18.5. The Morgan fingerprint density at radius 2 is 2.12 bits per heavy atom. The molecule has 0 bridgehead atoms. The van der Waals surface area contributed by atoms with Gasteiger partial charge in [0.25, 0.3) is 11.8 Å². The zero-order valence-corrected chi connectivity index (χ0v) is 18.0. The summed E-state index contributed by atoms with van der Waals surface area (Å²) in [6.07, 6.45) is -4.10. The number of ether oxygens (including phenoxy) is 4. The van der Waals surface area contributed by atoms with Crippen LogP contribution in [0.5, 0.6) is 11.6 Å². The number of alkyl halides is 4.